The van der Waals surface area contributed by atoms with Crippen LogP contribution >= 0.6 is 0 Å². The van der Waals surface area contributed by atoms with Crippen molar-refractivity contribution in [2.75, 3.05) is 0 Å². The molecular weight excluding hydrogens is 636 g/mol. The van der Waals surface area contributed by atoms with Crippen LogP contribution in [0.5, 0.6) is 0 Å². The molecule has 0 unspecified atom stereocenters. The molecule has 0 aliphatic heterocycles. The number of benzene rings is 3. The van der Waals surface area contributed by atoms with Crippen molar-refractivity contribution in [3.63, 3.8) is 0 Å². The summed E-state index contributed by atoms with van der Waals surface area (Å²) in [6.07, 6.45) is 5.92. The molecule has 4 rings (SSSR count). The summed E-state index contributed by atoms with van der Waals surface area (Å²) in [4.78, 5) is 0.226. The maximum Gasteiger partial charge on any atom is 2.00 e. The first kappa shape index (κ1) is 37.7. The Kier molecular flexibility index (Phi) is 17.6. The van der Waals surface area contributed by atoms with Crippen molar-refractivity contribution in [3.8, 4) is 0 Å². The van der Waals surface area contributed by atoms with E-state index in [2.05, 4.69) is 25.5 Å². The van der Waals surface area contributed by atoms with Gasteiger partial charge in [-0.05, 0) is 60.8 Å². The van der Waals surface area contributed by atoms with Gasteiger partial charge < -0.3 is 30.5 Å². The van der Waals surface area contributed by atoms with Crippen molar-refractivity contribution in [2.45, 2.75) is 70.4 Å². The van der Waals surface area contributed by atoms with Gasteiger partial charge in [-0.2, -0.15) is 0 Å². The topological polar surface area (TPSA) is 72.2 Å². The zero-order valence-electron chi connectivity index (χ0n) is 23.2. The molecule has 1 aliphatic carbocycles. The van der Waals surface area contributed by atoms with Crippen molar-refractivity contribution in [1.29, 1.82) is 0 Å². The zero-order valence-corrected chi connectivity index (χ0v) is 27.3. The second-order valence-corrected chi connectivity index (χ2v) is 12.2. The molecule has 0 amide bonds. The largest absolute Gasteiger partial charge is 2.00 e. The Morgan fingerprint density at radius 1 is 0.769 bits per heavy atom. The third kappa shape index (κ3) is 11.6. The maximum atomic E-state index is 12.9. The summed E-state index contributed by atoms with van der Waals surface area (Å²) in [7, 11) is -3.71. The van der Waals surface area contributed by atoms with Crippen molar-refractivity contribution >= 4 is 10.0 Å². The van der Waals surface area contributed by atoms with Gasteiger partial charge in [0.2, 0.25) is 10.0 Å². The first-order valence-corrected chi connectivity index (χ1v) is 14.6. The van der Waals surface area contributed by atoms with E-state index in [1.54, 1.807) is 24.3 Å². The minimum Gasteiger partial charge on any atom is -1.00 e. The first-order chi connectivity index (χ1) is 17.2. The Hall–Kier alpha value is -1.27. The molecule has 0 heterocycles. The van der Waals surface area contributed by atoms with E-state index in [9.17, 15) is 8.42 Å². The monoisotopic (exact) mass is 678 g/mol. The molecular formula is C31H42Cl2N2O2RuS. The van der Waals surface area contributed by atoms with E-state index in [0.717, 1.165) is 34.4 Å². The Balaban J connectivity index is 0.000000949. The smallest absolute Gasteiger partial charge is 1.00 e. The first-order valence-electron chi connectivity index (χ1n) is 13.1. The molecule has 3 N–H and O–H groups in total. The third-order valence-electron chi connectivity index (χ3n) is 7.32. The van der Waals surface area contributed by atoms with Crippen LogP contribution in [0.3, 0.4) is 0 Å². The van der Waals surface area contributed by atoms with E-state index in [1.807, 2.05) is 67.6 Å². The van der Waals surface area contributed by atoms with E-state index in [-0.39, 0.29) is 49.2 Å². The van der Waals surface area contributed by atoms with Crippen LogP contribution in [0, 0.1) is 24.7 Å². The number of rotatable bonds is 7. The number of nitrogens with two attached hydrogens (primary N) is 1. The van der Waals surface area contributed by atoms with Crippen LogP contribution in [0.4, 0.5) is 0 Å². The number of halogens is 2. The van der Waals surface area contributed by atoms with Gasteiger partial charge in [-0.1, -0.05) is 112 Å². The molecule has 0 bridgehead atoms. The molecule has 2 atom stereocenters. The van der Waals surface area contributed by atoms with Gasteiger partial charge in [0.05, 0.1) is 17.0 Å². The van der Waals surface area contributed by atoms with Gasteiger partial charge in [0.25, 0.3) is 0 Å². The molecule has 4 nitrogen and oxygen atoms in total. The molecule has 1 saturated carbocycles. The summed E-state index contributed by atoms with van der Waals surface area (Å²) in [6.45, 7) is 9.03. The minimum atomic E-state index is -3.71. The van der Waals surface area contributed by atoms with E-state index < -0.39 is 22.1 Å². The normalized spacial score (nSPS) is 18.2. The Morgan fingerprint density at radius 3 is 1.69 bits per heavy atom. The van der Waals surface area contributed by atoms with Crippen molar-refractivity contribution in [1.82, 2.24) is 4.72 Å². The van der Waals surface area contributed by atoms with Crippen molar-refractivity contribution in [2.24, 2.45) is 23.5 Å². The van der Waals surface area contributed by atoms with E-state index in [1.165, 1.54) is 25.7 Å². The van der Waals surface area contributed by atoms with Gasteiger partial charge in [0, 0.05) is 0 Å². The molecule has 8 heteroatoms. The summed E-state index contributed by atoms with van der Waals surface area (Å²) >= 11 is 0. The summed E-state index contributed by atoms with van der Waals surface area (Å²) < 4.78 is 28.6. The predicted molar refractivity (Wildman–Crippen MR) is 150 cm³/mol. The molecule has 3 aromatic rings. The van der Waals surface area contributed by atoms with Gasteiger partial charge >= 0.3 is 19.5 Å². The fraction of sp³-hybridized carbons (Fsp3) is 0.419. The molecule has 0 spiro atoms. The van der Waals surface area contributed by atoms with Crippen LogP contribution in [0.15, 0.2) is 89.8 Å². The van der Waals surface area contributed by atoms with E-state index >= 15 is 0 Å². The van der Waals surface area contributed by atoms with Crippen LogP contribution < -0.4 is 35.3 Å². The molecule has 39 heavy (non-hydrogen) atoms. The van der Waals surface area contributed by atoms with Crippen LogP contribution in [-0.2, 0) is 29.5 Å². The minimum absolute atomic E-state index is 0. The molecule has 1 fully saturated rings. The van der Waals surface area contributed by atoms with Gasteiger partial charge in [0.1, 0.15) is 0 Å². The standard InChI is InChI=1S/C21H22N2O2S.C10H20.2ClH.Ru/c1-16-12-14-19(15-13-16)26(24,25)23-21(18-10-6-3-7-11-18)20(22)17-8-4-2-5-9-17;1-8(2)10-6-4-9(3)5-7-10;;;/h2-15,20-21,23H,22H2,1H3;8-10H,4-7H2,1-3H3;2*1H;/q;;;;+2/p-2/t20-,21-;;;;/m0..../s1. The number of aryl methyl sites for hydroxylation is 1. The quantitative estimate of drug-likeness (QED) is 0.370. The number of nitrogens with one attached hydrogen (secondary N) is 1. The Morgan fingerprint density at radius 2 is 1.23 bits per heavy atom. The van der Waals surface area contributed by atoms with Crippen LogP contribution in [-0.4, -0.2) is 8.42 Å². The number of hydrogen-bond acceptors (Lipinski definition) is 3. The van der Waals surface area contributed by atoms with Gasteiger partial charge in [-0.25, -0.2) is 13.1 Å². The zero-order chi connectivity index (χ0) is 26.1. The molecule has 0 saturated heterocycles. The van der Waals surface area contributed by atoms with Crippen molar-refractivity contribution in [3.05, 3.63) is 102 Å². The predicted octanol–water partition coefficient (Wildman–Crippen LogP) is 1.19. The fourth-order valence-electron chi connectivity index (χ4n) is 4.78. The summed E-state index contributed by atoms with van der Waals surface area (Å²) in [6, 6.07) is 24.6. The SMILES string of the molecule is CC1CCC(C(C)C)CC1.Cc1ccc(S(=O)(=O)N[C@@H](c2ccccc2)[C@@H](N)c2ccccc2)cc1.[Cl-].[Cl-].[Ru+2]. The van der Waals surface area contributed by atoms with Crippen LogP contribution in [0.1, 0.15) is 75.2 Å². The average Bonchev–Trinajstić information content (AvgIpc) is 2.89. The fourth-order valence-corrected chi connectivity index (χ4v) is 6.03. The molecule has 3 aromatic carbocycles. The molecule has 0 aromatic heterocycles. The van der Waals surface area contributed by atoms with E-state index in [4.69, 9.17) is 5.73 Å². The van der Waals surface area contributed by atoms with Gasteiger partial charge in [-0.15, -0.1) is 0 Å². The second kappa shape index (κ2) is 18.2. The summed E-state index contributed by atoms with van der Waals surface area (Å²) in [5.74, 6) is 2.97. The van der Waals surface area contributed by atoms with Gasteiger partial charge in [-0.3, -0.25) is 0 Å². The summed E-state index contributed by atoms with van der Waals surface area (Å²) in [5.41, 5.74) is 9.15. The number of hydrogen-bond donors (Lipinski definition) is 2. The summed E-state index contributed by atoms with van der Waals surface area (Å²) in [5, 5.41) is 0. The van der Waals surface area contributed by atoms with E-state index in [0.29, 0.717) is 0 Å². The third-order valence-corrected chi connectivity index (χ3v) is 8.78. The van der Waals surface area contributed by atoms with Gasteiger partial charge in [0.15, 0.2) is 0 Å². The second-order valence-electron chi connectivity index (χ2n) is 10.5. The molecule has 216 valence electrons. The van der Waals surface area contributed by atoms with Crippen molar-refractivity contribution < 1.29 is 52.7 Å². The molecule has 0 radical (unpaired) electrons. The molecule has 1 aliphatic rings. The number of sulfonamides is 1. The van der Waals surface area contributed by atoms with Crippen LogP contribution in [0.25, 0.3) is 0 Å². The average molecular weight is 679 g/mol. The maximum absolute atomic E-state index is 12.9. The Labute approximate surface area is 261 Å². The Bertz CT molecular complexity index is 1160. The van der Waals surface area contributed by atoms with Crippen LogP contribution in [0.2, 0.25) is 0 Å².